The predicted molar refractivity (Wildman–Crippen MR) is 151 cm³/mol. The molecule has 2 aromatic heterocycles. The molecule has 0 radical (unpaired) electrons. The van der Waals surface area contributed by atoms with Crippen molar-refractivity contribution in [1.29, 1.82) is 0 Å². The SMILES string of the molecule is CCOC(=O)C1=C(CSc2nnc(-c3ccccc3)s2)Nc2nnnn2C1c1cc(Br)c(OCC)c(OC)c1. The molecule has 0 spiro atoms. The summed E-state index contributed by atoms with van der Waals surface area (Å²) in [5.41, 5.74) is 2.71. The minimum Gasteiger partial charge on any atom is -0.493 e. The Morgan fingerprint density at radius 2 is 1.97 bits per heavy atom. The number of anilines is 1. The lowest BCUT2D eigenvalue weighted by molar-refractivity contribution is -0.139. The maximum absolute atomic E-state index is 13.4. The zero-order valence-electron chi connectivity index (χ0n) is 21.3. The first kappa shape index (κ1) is 27.1. The van der Waals surface area contributed by atoms with Crippen molar-refractivity contribution in [3.63, 3.8) is 0 Å². The molecule has 202 valence electrons. The molecule has 1 aliphatic rings. The van der Waals surface area contributed by atoms with Gasteiger partial charge in [0.2, 0.25) is 5.95 Å². The summed E-state index contributed by atoms with van der Waals surface area (Å²) in [4.78, 5) is 13.4. The Labute approximate surface area is 241 Å². The lowest BCUT2D eigenvalue weighted by atomic mass is 9.95. The molecule has 11 nitrogen and oxygen atoms in total. The average molecular weight is 631 g/mol. The molecule has 0 bridgehead atoms. The molecule has 0 saturated carbocycles. The molecule has 1 aliphatic heterocycles. The molecular formula is C25H24BrN7O4S2. The highest BCUT2D eigenvalue weighted by Crippen LogP contribution is 2.43. The minimum absolute atomic E-state index is 0.213. The maximum Gasteiger partial charge on any atom is 0.338 e. The third-order valence-corrected chi connectivity index (χ3v) is 8.44. The van der Waals surface area contributed by atoms with Crippen LogP contribution in [0.15, 0.2) is 62.5 Å². The van der Waals surface area contributed by atoms with Crippen LogP contribution in [0.3, 0.4) is 0 Å². The molecule has 0 amide bonds. The van der Waals surface area contributed by atoms with Crippen LogP contribution in [-0.2, 0) is 9.53 Å². The number of hydrogen-bond donors (Lipinski definition) is 1. The van der Waals surface area contributed by atoms with Crippen LogP contribution >= 0.6 is 39.0 Å². The summed E-state index contributed by atoms with van der Waals surface area (Å²) in [5.74, 6) is 1.39. The second-order valence-corrected chi connectivity index (χ2v) is 11.1. The van der Waals surface area contributed by atoms with E-state index in [9.17, 15) is 4.79 Å². The summed E-state index contributed by atoms with van der Waals surface area (Å²) >= 11 is 6.54. The summed E-state index contributed by atoms with van der Waals surface area (Å²) in [7, 11) is 1.56. The Balaban J connectivity index is 1.54. The molecule has 1 atom stereocenters. The van der Waals surface area contributed by atoms with Gasteiger partial charge in [-0.05, 0) is 57.9 Å². The number of tetrazole rings is 1. The monoisotopic (exact) mass is 629 g/mol. The van der Waals surface area contributed by atoms with E-state index >= 15 is 0 Å². The smallest absolute Gasteiger partial charge is 0.338 e. The number of ether oxygens (including phenoxy) is 3. The molecule has 4 aromatic rings. The lowest BCUT2D eigenvalue weighted by Crippen LogP contribution is -2.31. The summed E-state index contributed by atoms with van der Waals surface area (Å²) in [6.07, 6.45) is 0. The number of fused-ring (bicyclic) bond motifs is 1. The van der Waals surface area contributed by atoms with Gasteiger partial charge in [0.25, 0.3) is 0 Å². The molecule has 0 saturated heterocycles. The van der Waals surface area contributed by atoms with E-state index in [0.29, 0.717) is 51.1 Å². The number of carbonyl (C=O) groups is 1. The Bertz CT molecular complexity index is 1510. The van der Waals surface area contributed by atoms with Crippen LogP contribution in [0.4, 0.5) is 5.95 Å². The molecule has 3 heterocycles. The highest BCUT2D eigenvalue weighted by atomic mass is 79.9. The van der Waals surface area contributed by atoms with E-state index in [4.69, 9.17) is 14.2 Å². The first-order valence-electron chi connectivity index (χ1n) is 12.0. The fourth-order valence-corrected chi connectivity index (χ4v) is 6.49. The van der Waals surface area contributed by atoms with Gasteiger partial charge in [0.1, 0.15) is 11.0 Å². The quantitative estimate of drug-likeness (QED) is 0.188. The number of hydrogen-bond acceptors (Lipinski definition) is 12. The molecule has 39 heavy (non-hydrogen) atoms. The molecule has 0 aliphatic carbocycles. The van der Waals surface area contributed by atoms with Gasteiger partial charge in [0, 0.05) is 17.0 Å². The minimum atomic E-state index is -0.680. The highest BCUT2D eigenvalue weighted by Gasteiger charge is 2.37. The standard InChI is InChI=1S/C25H24BrN7O4S2/c1-4-36-21-16(26)11-15(12-18(21)35-3)20-19(23(34)37-5-2)17(27-24-29-31-32-33(20)24)13-38-25-30-28-22(39-25)14-9-7-6-8-10-14/h6-12,20H,4-5,13H2,1-3H3,(H,27,29,32). The van der Waals surface area contributed by atoms with Crippen molar-refractivity contribution in [2.45, 2.75) is 24.2 Å². The second kappa shape index (κ2) is 12.1. The number of benzene rings is 2. The van der Waals surface area contributed by atoms with Crippen LogP contribution in [0, 0.1) is 0 Å². The van der Waals surface area contributed by atoms with Gasteiger partial charge < -0.3 is 19.5 Å². The van der Waals surface area contributed by atoms with Gasteiger partial charge in [0.15, 0.2) is 15.8 Å². The molecule has 1 N–H and O–H groups in total. The maximum atomic E-state index is 13.4. The normalized spacial score (nSPS) is 14.5. The Hall–Kier alpha value is -3.49. The van der Waals surface area contributed by atoms with Gasteiger partial charge in [-0.15, -0.1) is 10.2 Å². The van der Waals surface area contributed by atoms with E-state index < -0.39 is 12.0 Å². The van der Waals surface area contributed by atoms with E-state index in [2.05, 4.69) is 47.0 Å². The summed E-state index contributed by atoms with van der Waals surface area (Å²) < 4.78 is 19.9. The first-order chi connectivity index (χ1) is 19.0. The summed E-state index contributed by atoms with van der Waals surface area (Å²) in [5, 5.41) is 24.9. The van der Waals surface area contributed by atoms with Gasteiger partial charge in [-0.1, -0.05) is 58.5 Å². The Kier molecular flexibility index (Phi) is 8.43. The lowest BCUT2D eigenvalue weighted by Gasteiger charge is -2.29. The summed E-state index contributed by atoms with van der Waals surface area (Å²) in [6.45, 7) is 4.34. The van der Waals surface area contributed by atoms with Crippen LogP contribution in [0.1, 0.15) is 25.5 Å². The largest absolute Gasteiger partial charge is 0.493 e. The Morgan fingerprint density at radius 3 is 2.72 bits per heavy atom. The van der Waals surface area contributed by atoms with Gasteiger partial charge in [-0.3, -0.25) is 0 Å². The average Bonchev–Trinajstić information content (AvgIpc) is 3.62. The fourth-order valence-electron chi connectivity index (χ4n) is 4.09. The highest BCUT2D eigenvalue weighted by molar-refractivity contribution is 9.10. The van der Waals surface area contributed by atoms with Gasteiger partial charge >= 0.3 is 5.97 Å². The number of rotatable bonds is 10. The van der Waals surface area contributed by atoms with Gasteiger partial charge in [-0.2, -0.15) is 4.68 Å². The molecule has 0 fully saturated rings. The van der Waals surface area contributed by atoms with E-state index in [1.165, 1.54) is 23.1 Å². The predicted octanol–water partition coefficient (Wildman–Crippen LogP) is 4.99. The van der Waals surface area contributed by atoms with Gasteiger partial charge in [-0.25, -0.2) is 4.79 Å². The number of carbonyl (C=O) groups excluding carboxylic acids is 1. The zero-order valence-corrected chi connectivity index (χ0v) is 24.5. The van der Waals surface area contributed by atoms with Crippen LogP contribution in [0.25, 0.3) is 10.6 Å². The number of aromatic nitrogens is 6. The van der Waals surface area contributed by atoms with Crippen molar-refractivity contribution >= 4 is 50.9 Å². The van der Waals surface area contributed by atoms with Crippen LogP contribution in [0.2, 0.25) is 0 Å². The first-order valence-corrected chi connectivity index (χ1v) is 14.6. The number of thioether (sulfide) groups is 1. The number of nitrogens with one attached hydrogen (secondary N) is 1. The number of methoxy groups -OCH3 is 1. The molecule has 5 rings (SSSR count). The third-order valence-electron chi connectivity index (χ3n) is 5.72. The fraction of sp³-hybridized carbons (Fsp3) is 0.280. The van der Waals surface area contributed by atoms with E-state index in [-0.39, 0.29) is 6.61 Å². The van der Waals surface area contributed by atoms with Gasteiger partial charge in [0.05, 0.1) is 30.4 Å². The topological polar surface area (TPSA) is 126 Å². The van der Waals surface area contributed by atoms with Crippen molar-refractivity contribution in [1.82, 2.24) is 30.4 Å². The van der Waals surface area contributed by atoms with Crippen molar-refractivity contribution in [3.8, 4) is 22.1 Å². The van der Waals surface area contributed by atoms with Crippen molar-refractivity contribution < 1.29 is 19.0 Å². The van der Waals surface area contributed by atoms with E-state index in [1.807, 2.05) is 49.4 Å². The van der Waals surface area contributed by atoms with E-state index in [0.717, 1.165) is 14.9 Å². The molecule has 2 aromatic carbocycles. The molecule has 14 heteroatoms. The van der Waals surface area contributed by atoms with Crippen LogP contribution < -0.4 is 14.8 Å². The molecular weight excluding hydrogens is 606 g/mol. The van der Waals surface area contributed by atoms with Crippen molar-refractivity contribution in [2.24, 2.45) is 0 Å². The van der Waals surface area contributed by atoms with Crippen LogP contribution in [-0.4, -0.2) is 62.5 Å². The zero-order chi connectivity index (χ0) is 27.4. The summed E-state index contributed by atoms with van der Waals surface area (Å²) in [6, 6.07) is 12.9. The number of halogens is 1. The van der Waals surface area contributed by atoms with Crippen molar-refractivity contribution in [3.05, 3.63) is 63.8 Å². The Morgan fingerprint density at radius 1 is 1.15 bits per heavy atom. The second-order valence-electron chi connectivity index (χ2n) is 8.08. The number of nitrogens with zero attached hydrogens (tertiary/aromatic N) is 6. The van der Waals surface area contributed by atoms with Crippen LogP contribution in [0.5, 0.6) is 11.5 Å². The van der Waals surface area contributed by atoms with Crippen molar-refractivity contribution in [2.75, 3.05) is 31.4 Å². The van der Waals surface area contributed by atoms with E-state index in [1.54, 1.807) is 18.7 Å². The molecule has 1 unspecified atom stereocenters. The third kappa shape index (κ3) is 5.63. The number of esters is 1.